The summed E-state index contributed by atoms with van der Waals surface area (Å²) in [6.07, 6.45) is 5.57. The number of rotatable bonds is 7. The zero-order valence-corrected chi connectivity index (χ0v) is 15.9. The Balaban J connectivity index is 1.88. The molecule has 0 spiro atoms. The quantitative estimate of drug-likeness (QED) is 0.595. The van der Waals surface area contributed by atoms with Crippen molar-refractivity contribution in [2.45, 2.75) is 53.1 Å². The lowest BCUT2D eigenvalue weighted by atomic mass is 9.94. The summed E-state index contributed by atoms with van der Waals surface area (Å²) in [5, 5.41) is 10.9. The van der Waals surface area contributed by atoms with Crippen LogP contribution in [0.1, 0.15) is 46.3 Å². The Bertz CT molecular complexity index is 653. The van der Waals surface area contributed by atoms with Crippen molar-refractivity contribution in [1.82, 2.24) is 25.4 Å². The maximum atomic E-state index is 5.79. The molecule has 0 aliphatic rings. The van der Waals surface area contributed by atoms with Gasteiger partial charge in [0.2, 0.25) is 5.89 Å². The molecule has 0 saturated carbocycles. The number of hydrogen-bond donors (Lipinski definition) is 2. The van der Waals surface area contributed by atoms with E-state index in [0.717, 1.165) is 31.4 Å². The molecule has 0 radical (unpaired) electrons. The van der Waals surface area contributed by atoms with Crippen molar-refractivity contribution in [1.29, 1.82) is 0 Å². The van der Waals surface area contributed by atoms with Crippen LogP contribution in [0.15, 0.2) is 34.1 Å². The zero-order valence-electron chi connectivity index (χ0n) is 15.9. The molecule has 0 aliphatic carbocycles. The number of nitrogens with one attached hydrogen (secondary N) is 2. The fourth-order valence-electron chi connectivity index (χ4n) is 2.28. The highest BCUT2D eigenvalue weighted by atomic mass is 16.4. The first-order valence-corrected chi connectivity index (χ1v) is 8.83. The third kappa shape index (κ3) is 6.25. The highest BCUT2D eigenvalue weighted by molar-refractivity contribution is 5.79. The van der Waals surface area contributed by atoms with Gasteiger partial charge in [-0.2, -0.15) is 5.10 Å². The standard InChI is InChI=1S/C18H30N6O/c1-6-19-17(21-10-14(2)13-24-9-7-8-23-24)22-12-16-20-11-15(25-16)18(3,4)5/h7-9,11,14H,6,10,12-13H2,1-5H3,(H2,19,21,22). The first-order chi connectivity index (χ1) is 11.9. The Hall–Kier alpha value is -2.31. The van der Waals surface area contributed by atoms with Crippen molar-refractivity contribution >= 4 is 5.96 Å². The second-order valence-electron chi connectivity index (χ2n) is 7.28. The molecule has 0 amide bonds. The van der Waals surface area contributed by atoms with Crippen LogP contribution in [-0.2, 0) is 18.5 Å². The Morgan fingerprint density at radius 2 is 2.16 bits per heavy atom. The molecule has 0 bridgehead atoms. The topological polar surface area (TPSA) is 80.3 Å². The van der Waals surface area contributed by atoms with Gasteiger partial charge >= 0.3 is 0 Å². The molecule has 1 atom stereocenters. The summed E-state index contributed by atoms with van der Waals surface area (Å²) in [7, 11) is 0. The Morgan fingerprint density at radius 1 is 1.36 bits per heavy atom. The second kappa shape index (κ2) is 8.69. The van der Waals surface area contributed by atoms with Gasteiger partial charge in [-0.3, -0.25) is 4.68 Å². The van der Waals surface area contributed by atoms with E-state index in [1.165, 1.54) is 0 Å². The van der Waals surface area contributed by atoms with Crippen LogP contribution in [0.25, 0.3) is 0 Å². The number of aliphatic imine (C=N–C) groups is 1. The molecule has 2 aromatic heterocycles. The molecule has 1 unspecified atom stereocenters. The van der Waals surface area contributed by atoms with Crippen LogP contribution in [0.2, 0.25) is 0 Å². The van der Waals surface area contributed by atoms with E-state index in [1.54, 1.807) is 12.4 Å². The predicted molar refractivity (Wildman–Crippen MR) is 99.4 cm³/mol. The maximum Gasteiger partial charge on any atom is 0.216 e. The number of hydrogen-bond acceptors (Lipinski definition) is 4. The van der Waals surface area contributed by atoms with Crippen LogP contribution in [0, 0.1) is 5.92 Å². The molecular formula is C18H30N6O. The van der Waals surface area contributed by atoms with E-state index in [1.807, 2.05) is 23.9 Å². The average Bonchev–Trinajstić information content (AvgIpc) is 3.21. The lowest BCUT2D eigenvalue weighted by molar-refractivity contribution is 0.383. The molecule has 0 fully saturated rings. The van der Waals surface area contributed by atoms with E-state index >= 15 is 0 Å². The second-order valence-corrected chi connectivity index (χ2v) is 7.28. The van der Waals surface area contributed by atoms with Gasteiger partial charge in [-0.1, -0.05) is 27.7 Å². The fraction of sp³-hybridized carbons (Fsp3) is 0.611. The van der Waals surface area contributed by atoms with E-state index in [2.05, 4.69) is 53.4 Å². The molecule has 2 aromatic rings. The third-order valence-electron chi connectivity index (χ3n) is 3.69. The lowest BCUT2D eigenvalue weighted by Crippen LogP contribution is -2.40. The molecule has 25 heavy (non-hydrogen) atoms. The van der Waals surface area contributed by atoms with Gasteiger partial charge in [-0.05, 0) is 18.9 Å². The van der Waals surface area contributed by atoms with Gasteiger partial charge in [0.15, 0.2) is 5.96 Å². The van der Waals surface area contributed by atoms with E-state index < -0.39 is 0 Å². The maximum absolute atomic E-state index is 5.79. The summed E-state index contributed by atoms with van der Waals surface area (Å²) >= 11 is 0. The normalized spacial score (nSPS) is 13.7. The highest BCUT2D eigenvalue weighted by Crippen LogP contribution is 2.22. The molecule has 138 valence electrons. The molecule has 0 aromatic carbocycles. The largest absolute Gasteiger partial charge is 0.443 e. The van der Waals surface area contributed by atoms with Crippen molar-refractivity contribution in [3.63, 3.8) is 0 Å². The Morgan fingerprint density at radius 3 is 2.76 bits per heavy atom. The number of oxazole rings is 1. The molecule has 0 saturated heterocycles. The van der Waals surface area contributed by atoms with Gasteiger partial charge in [0, 0.05) is 37.4 Å². The molecule has 7 heteroatoms. The first-order valence-electron chi connectivity index (χ1n) is 8.83. The molecule has 2 N–H and O–H groups in total. The van der Waals surface area contributed by atoms with Gasteiger partial charge in [0.1, 0.15) is 12.3 Å². The van der Waals surface area contributed by atoms with Gasteiger partial charge < -0.3 is 15.1 Å². The van der Waals surface area contributed by atoms with Crippen molar-refractivity contribution < 1.29 is 4.42 Å². The van der Waals surface area contributed by atoms with E-state index in [4.69, 9.17) is 4.42 Å². The van der Waals surface area contributed by atoms with Crippen LogP contribution < -0.4 is 10.6 Å². The van der Waals surface area contributed by atoms with E-state index in [0.29, 0.717) is 18.4 Å². The summed E-state index contributed by atoms with van der Waals surface area (Å²) in [6, 6.07) is 1.94. The SMILES string of the molecule is CCNC(=NCc1ncc(C(C)(C)C)o1)NCC(C)Cn1cccn1. The van der Waals surface area contributed by atoms with E-state index in [9.17, 15) is 0 Å². The van der Waals surface area contributed by atoms with Crippen LogP contribution in [0.4, 0.5) is 0 Å². The molecule has 2 rings (SSSR count). The Labute approximate surface area is 149 Å². The fourth-order valence-corrected chi connectivity index (χ4v) is 2.28. The molecule has 7 nitrogen and oxygen atoms in total. The number of aromatic nitrogens is 3. The van der Waals surface area contributed by atoms with Crippen molar-refractivity contribution in [2.75, 3.05) is 13.1 Å². The van der Waals surface area contributed by atoms with Crippen LogP contribution in [0.3, 0.4) is 0 Å². The predicted octanol–water partition coefficient (Wildman–Crippen LogP) is 2.56. The van der Waals surface area contributed by atoms with Crippen LogP contribution in [0.5, 0.6) is 0 Å². The lowest BCUT2D eigenvalue weighted by Gasteiger charge is -2.16. The van der Waals surface area contributed by atoms with Crippen molar-refractivity contribution in [3.8, 4) is 0 Å². The highest BCUT2D eigenvalue weighted by Gasteiger charge is 2.19. The summed E-state index contributed by atoms with van der Waals surface area (Å²) in [4.78, 5) is 8.88. The minimum absolute atomic E-state index is 0.0420. The third-order valence-corrected chi connectivity index (χ3v) is 3.69. The Kier molecular flexibility index (Phi) is 6.61. The summed E-state index contributed by atoms with van der Waals surface area (Å²) in [6.45, 7) is 13.4. The van der Waals surface area contributed by atoms with Crippen molar-refractivity contribution in [3.05, 3.63) is 36.3 Å². The smallest absolute Gasteiger partial charge is 0.216 e. The minimum atomic E-state index is -0.0420. The molecular weight excluding hydrogens is 316 g/mol. The van der Waals surface area contributed by atoms with Crippen molar-refractivity contribution in [2.24, 2.45) is 10.9 Å². The minimum Gasteiger partial charge on any atom is -0.443 e. The van der Waals surface area contributed by atoms with Gasteiger partial charge in [0.05, 0.1) is 6.20 Å². The van der Waals surface area contributed by atoms with Gasteiger partial charge in [0.25, 0.3) is 0 Å². The summed E-state index contributed by atoms with van der Waals surface area (Å²) in [5.41, 5.74) is -0.0420. The number of guanidine groups is 1. The first kappa shape index (κ1) is 19.0. The molecule has 2 heterocycles. The zero-order chi connectivity index (χ0) is 18.3. The van der Waals surface area contributed by atoms with Crippen LogP contribution in [-0.4, -0.2) is 33.8 Å². The van der Waals surface area contributed by atoms with Gasteiger partial charge in [-0.25, -0.2) is 9.98 Å². The monoisotopic (exact) mass is 346 g/mol. The summed E-state index contributed by atoms with van der Waals surface area (Å²) < 4.78 is 7.73. The summed E-state index contributed by atoms with van der Waals surface area (Å²) in [5.74, 6) is 2.71. The number of nitrogens with zero attached hydrogens (tertiary/aromatic N) is 4. The van der Waals surface area contributed by atoms with Gasteiger partial charge in [-0.15, -0.1) is 0 Å². The van der Waals surface area contributed by atoms with Crippen LogP contribution >= 0.6 is 0 Å². The van der Waals surface area contributed by atoms with E-state index in [-0.39, 0.29) is 5.41 Å². The average molecular weight is 346 g/mol. The molecule has 0 aliphatic heterocycles.